The van der Waals surface area contributed by atoms with E-state index in [0.29, 0.717) is 12.1 Å². The molecule has 1 aliphatic heterocycles. The predicted molar refractivity (Wildman–Crippen MR) is 76.5 cm³/mol. The summed E-state index contributed by atoms with van der Waals surface area (Å²) in [6.45, 7) is 6.44. The van der Waals surface area contributed by atoms with Crippen LogP contribution in [0.4, 0.5) is 5.69 Å². The second-order valence-corrected chi connectivity index (χ2v) is 5.39. The summed E-state index contributed by atoms with van der Waals surface area (Å²) in [6, 6.07) is 10.7. The first-order valence-electron chi connectivity index (χ1n) is 6.85. The monoisotopic (exact) mass is 262 g/mol. The molecule has 0 aromatic heterocycles. The fourth-order valence-electron chi connectivity index (χ4n) is 2.69. The number of carboxylic acids is 1. The third-order valence-electron chi connectivity index (χ3n) is 3.76. The third kappa shape index (κ3) is 3.47. The fourth-order valence-corrected chi connectivity index (χ4v) is 2.69. The number of likely N-dealkylation sites (tertiary alicyclic amines) is 1. The summed E-state index contributed by atoms with van der Waals surface area (Å²) < 4.78 is 0. The maximum Gasteiger partial charge on any atom is 0.323 e. The van der Waals surface area contributed by atoms with Gasteiger partial charge in [-0.25, -0.2) is 0 Å². The average Bonchev–Trinajstić information content (AvgIpc) is 2.86. The smallest absolute Gasteiger partial charge is 0.323 e. The Balaban J connectivity index is 2.13. The van der Waals surface area contributed by atoms with Gasteiger partial charge in [0.2, 0.25) is 0 Å². The van der Waals surface area contributed by atoms with Gasteiger partial charge in [-0.05, 0) is 32.4 Å². The van der Waals surface area contributed by atoms with Crippen molar-refractivity contribution in [1.82, 2.24) is 4.90 Å². The number of para-hydroxylation sites is 1. The molecule has 0 saturated carbocycles. The lowest BCUT2D eigenvalue weighted by molar-refractivity contribution is -0.135. The van der Waals surface area contributed by atoms with Gasteiger partial charge in [0.05, 0.1) is 0 Å². The van der Waals surface area contributed by atoms with Crippen LogP contribution in [0.25, 0.3) is 0 Å². The zero-order valence-electron chi connectivity index (χ0n) is 11.6. The van der Waals surface area contributed by atoms with Gasteiger partial charge < -0.3 is 10.0 Å². The molecule has 0 bridgehead atoms. The molecule has 2 rings (SSSR count). The van der Waals surface area contributed by atoms with Crippen LogP contribution in [0.5, 0.6) is 0 Å². The van der Waals surface area contributed by atoms with Crippen molar-refractivity contribution in [2.45, 2.75) is 32.4 Å². The van der Waals surface area contributed by atoms with Crippen LogP contribution in [0.15, 0.2) is 30.3 Å². The summed E-state index contributed by atoms with van der Waals surface area (Å²) in [5.41, 5.74) is 1.00. The van der Waals surface area contributed by atoms with Crippen molar-refractivity contribution in [3.05, 3.63) is 30.3 Å². The highest BCUT2D eigenvalue weighted by atomic mass is 16.4. The van der Waals surface area contributed by atoms with Crippen molar-refractivity contribution in [3.8, 4) is 0 Å². The Morgan fingerprint density at radius 2 is 2.11 bits per heavy atom. The van der Waals surface area contributed by atoms with Gasteiger partial charge in [-0.15, -0.1) is 0 Å². The Morgan fingerprint density at radius 1 is 1.42 bits per heavy atom. The van der Waals surface area contributed by atoms with Crippen molar-refractivity contribution in [2.24, 2.45) is 0 Å². The summed E-state index contributed by atoms with van der Waals surface area (Å²) in [5.74, 6) is -0.771. The van der Waals surface area contributed by atoms with Gasteiger partial charge in [-0.3, -0.25) is 9.69 Å². The van der Waals surface area contributed by atoms with Crippen LogP contribution in [-0.2, 0) is 4.79 Å². The van der Waals surface area contributed by atoms with Gasteiger partial charge in [-0.1, -0.05) is 18.2 Å². The van der Waals surface area contributed by atoms with Gasteiger partial charge in [0.25, 0.3) is 0 Å². The van der Waals surface area contributed by atoms with Crippen LogP contribution in [0.3, 0.4) is 0 Å². The van der Waals surface area contributed by atoms with Crippen molar-refractivity contribution < 1.29 is 9.90 Å². The standard InChI is InChI=1S/C15H22N2O2/c1-12(2)16-9-8-14(10-16)17(11-15(18)19)13-6-4-3-5-7-13/h3-7,12,14H,8-11H2,1-2H3,(H,18,19). The molecular formula is C15H22N2O2. The van der Waals surface area contributed by atoms with Crippen molar-refractivity contribution in [2.75, 3.05) is 24.5 Å². The molecule has 1 unspecified atom stereocenters. The van der Waals surface area contributed by atoms with Crippen molar-refractivity contribution >= 4 is 11.7 Å². The van der Waals surface area contributed by atoms with Crippen LogP contribution in [0.1, 0.15) is 20.3 Å². The molecule has 4 heteroatoms. The maximum absolute atomic E-state index is 11.1. The molecule has 0 amide bonds. The number of benzene rings is 1. The highest BCUT2D eigenvalue weighted by molar-refractivity contribution is 5.74. The minimum Gasteiger partial charge on any atom is -0.480 e. The SMILES string of the molecule is CC(C)N1CCC(N(CC(=O)O)c2ccccc2)C1. The second kappa shape index (κ2) is 6.06. The van der Waals surface area contributed by atoms with E-state index in [4.69, 9.17) is 5.11 Å². The second-order valence-electron chi connectivity index (χ2n) is 5.39. The Kier molecular flexibility index (Phi) is 4.43. The molecule has 1 atom stereocenters. The van der Waals surface area contributed by atoms with E-state index in [0.717, 1.165) is 25.2 Å². The fraction of sp³-hybridized carbons (Fsp3) is 0.533. The number of rotatable bonds is 5. The van der Waals surface area contributed by atoms with Gasteiger partial charge in [-0.2, -0.15) is 0 Å². The van der Waals surface area contributed by atoms with Crippen molar-refractivity contribution in [1.29, 1.82) is 0 Å². The first-order chi connectivity index (χ1) is 9.08. The number of hydrogen-bond acceptors (Lipinski definition) is 3. The summed E-state index contributed by atoms with van der Waals surface area (Å²) in [7, 11) is 0. The van der Waals surface area contributed by atoms with E-state index in [1.165, 1.54) is 0 Å². The summed E-state index contributed by atoms with van der Waals surface area (Å²) in [5, 5.41) is 9.13. The highest BCUT2D eigenvalue weighted by Crippen LogP contribution is 2.23. The molecule has 1 N–H and O–H groups in total. The summed E-state index contributed by atoms with van der Waals surface area (Å²) in [6.07, 6.45) is 1.03. The molecule has 0 aliphatic carbocycles. The van der Waals surface area contributed by atoms with Crippen LogP contribution in [-0.4, -0.2) is 47.7 Å². The van der Waals surface area contributed by atoms with Gasteiger partial charge in [0.15, 0.2) is 0 Å². The first-order valence-corrected chi connectivity index (χ1v) is 6.85. The Morgan fingerprint density at radius 3 is 2.63 bits per heavy atom. The zero-order chi connectivity index (χ0) is 13.8. The largest absolute Gasteiger partial charge is 0.480 e. The van der Waals surface area contributed by atoms with E-state index in [9.17, 15) is 4.79 Å². The molecule has 0 radical (unpaired) electrons. The van der Waals surface area contributed by atoms with E-state index >= 15 is 0 Å². The third-order valence-corrected chi connectivity index (χ3v) is 3.76. The maximum atomic E-state index is 11.1. The van der Waals surface area contributed by atoms with Crippen molar-refractivity contribution in [3.63, 3.8) is 0 Å². The first kappa shape index (κ1) is 13.9. The molecule has 1 aromatic carbocycles. The van der Waals surface area contributed by atoms with Crippen LogP contribution in [0.2, 0.25) is 0 Å². The minimum absolute atomic E-state index is 0.0701. The van der Waals surface area contributed by atoms with E-state index in [-0.39, 0.29) is 6.54 Å². The predicted octanol–water partition coefficient (Wildman–Crippen LogP) is 2.06. The average molecular weight is 262 g/mol. The normalized spacial score (nSPS) is 19.8. The topological polar surface area (TPSA) is 43.8 Å². The lowest BCUT2D eigenvalue weighted by Crippen LogP contribution is -2.41. The number of carbonyl (C=O) groups is 1. The Labute approximate surface area is 114 Å². The van der Waals surface area contributed by atoms with Gasteiger partial charge >= 0.3 is 5.97 Å². The van der Waals surface area contributed by atoms with E-state index < -0.39 is 5.97 Å². The Hall–Kier alpha value is -1.55. The molecule has 1 saturated heterocycles. The Bertz CT molecular complexity index is 419. The quantitative estimate of drug-likeness (QED) is 0.882. The van der Waals surface area contributed by atoms with E-state index in [2.05, 4.69) is 18.7 Å². The number of anilines is 1. The van der Waals surface area contributed by atoms with Crippen LogP contribution >= 0.6 is 0 Å². The molecule has 4 nitrogen and oxygen atoms in total. The molecule has 19 heavy (non-hydrogen) atoms. The lowest BCUT2D eigenvalue weighted by Gasteiger charge is -2.30. The van der Waals surface area contributed by atoms with E-state index in [1.54, 1.807) is 0 Å². The molecular weight excluding hydrogens is 240 g/mol. The molecule has 0 spiro atoms. The lowest BCUT2D eigenvalue weighted by atomic mass is 10.2. The molecule has 104 valence electrons. The number of nitrogens with zero attached hydrogens (tertiary/aromatic N) is 2. The molecule has 1 aromatic rings. The van der Waals surface area contributed by atoms with E-state index in [1.807, 2.05) is 35.2 Å². The van der Waals surface area contributed by atoms with Crippen LogP contribution in [0, 0.1) is 0 Å². The zero-order valence-corrected chi connectivity index (χ0v) is 11.6. The van der Waals surface area contributed by atoms with Gasteiger partial charge in [0, 0.05) is 30.9 Å². The molecule has 1 aliphatic rings. The molecule has 1 fully saturated rings. The highest BCUT2D eigenvalue weighted by Gasteiger charge is 2.30. The number of carboxylic acid groups (broad SMARTS) is 1. The van der Waals surface area contributed by atoms with Gasteiger partial charge in [0.1, 0.15) is 6.54 Å². The number of aliphatic carboxylic acids is 1. The minimum atomic E-state index is -0.771. The summed E-state index contributed by atoms with van der Waals surface area (Å²) in [4.78, 5) is 15.5. The summed E-state index contributed by atoms with van der Waals surface area (Å²) >= 11 is 0. The number of hydrogen-bond donors (Lipinski definition) is 1. The molecule has 1 heterocycles. The van der Waals surface area contributed by atoms with Crippen LogP contribution < -0.4 is 4.90 Å².